The monoisotopic (exact) mass is 279 g/mol. The van der Waals surface area contributed by atoms with Gasteiger partial charge in [-0.2, -0.15) is 0 Å². The second-order valence-corrected chi connectivity index (χ2v) is 5.14. The molecule has 1 aliphatic heterocycles. The number of fused-ring (bicyclic) bond motifs is 2. The summed E-state index contributed by atoms with van der Waals surface area (Å²) in [6, 6.07) is 7.65. The van der Waals surface area contributed by atoms with E-state index in [9.17, 15) is 4.79 Å². The lowest BCUT2D eigenvalue weighted by molar-refractivity contribution is 0.0750. The molecule has 21 heavy (non-hydrogen) atoms. The molecular weight excluding hydrogens is 266 g/mol. The molecule has 1 amide bonds. The van der Waals surface area contributed by atoms with Crippen LogP contribution in [0, 0.1) is 0 Å². The first kappa shape index (κ1) is 11.9. The summed E-state index contributed by atoms with van der Waals surface area (Å²) in [7, 11) is 0. The Morgan fingerprint density at radius 1 is 1.29 bits per heavy atom. The van der Waals surface area contributed by atoms with Crippen molar-refractivity contribution < 1.29 is 4.79 Å². The molecule has 2 aromatic heterocycles. The van der Waals surface area contributed by atoms with Gasteiger partial charge in [0.25, 0.3) is 5.91 Å². The van der Waals surface area contributed by atoms with E-state index in [4.69, 9.17) is 5.73 Å². The normalized spacial score (nSPS) is 13.6. The van der Waals surface area contributed by atoms with E-state index in [1.54, 1.807) is 11.1 Å². The highest BCUT2D eigenvalue weighted by Gasteiger charge is 2.26. The molecule has 0 spiro atoms. The molecule has 0 radical (unpaired) electrons. The van der Waals surface area contributed by atoms with Crippen molar-refractivity contribution in [3.05, 3.63) is 53.5 Å². The Bertz CT molecular complexity index is 854. The number of hydrogen-bond donors (Lipinski definition) is 2. The molecule has 0 saturated heterocycles. The maximum atomic E-state index is 12.6. The Morgan fingerprint density at radius 2 is 2.19 bits per heavy atom. The number of rotatable bonds is 1. The fourth-order valence-electron chi connectivity index (χ4n) is 2.68. The number of nitrogen functional groups attached to an aromatic ring is 1. The van der Waals surface area contributed by atoms with Gasteiger partial charge in [0.2, 0.25) is 5.95 Å². The van der Waals surface area contributed by atoms with E-state index in [2.05, 4.69) is 15.0 Å². The molecule has 1 aromatic carbocycles. The highest BCUT2D eigenvalue weighted by molar-refractivity contribution is 5.98. The molecule has 6 nitrogen and oxygen atoms in total. The van der Waals surface area contributed by atoms with Crippen LogP contribution >= 0.6 is 0 Å². The predicted molar refractivity (Wildman–Crippen MR) is 78.3 cm³/mol. The van der Waals surface area contributed by atoms with Gasteiger partial charge in [0.05, 0.1) is 12.2 Å². The van der Waals surface area contributed by atoms with E-state index in [1.807, 2.05) is 30.5 Å². The molecule has 3 N–H and O–H groups in total. The summed E-state index contributed by atoms with van der Waals surface area (Å²) in [5, 5.41) is 1.09. The summed E-state index contributed by atoms with van der Waals surface area (Å²) in [6.07, 6.45) is 3.56. The first-order valence-electron chi connectivity index (χ1n) is 6.67. The quantitative estimate of drug-likeness (QED) is 0.709. The number of nitrogens with two attached hydrogens (primary N) is 1. The minimum Gasteiger partial charge on any atom is -0.368 e. The second-order valence-electron chi connectivity index (χ2n) is 5.14. The number of aromatic amines is 1. The van der Waals surface area contributed by atoms with Crippen molar-refractivity contribution in [1.29, 1.82) is 0 Å². The number of nitrogens with zero attached hydrogens (tertiary/aromatic N) is 3. The van der Waals surface area contributed by atoms with Crippen molar-refractivity contribution in [3.8, 4) is 0 Å². The number of aromatic nitrogens is 3. The zero-order valence-corrected chi connectivity index (χ0v) is 11.2. The second kappa shape index (κ2) is 4.31. The van der Waals surface area contributed by atoms with Crippen LogP contribution in [0.3, 0.4) is 0 Å². The molecule has 4 rings (SSSR count). The average molecular weight is 279 g/mol. The summed E-state index contributed by atoms with van der Waals surface area (Å²) in [4.78, 5) is 25.6. The molecule has 0 saturated carbocycles. The minimum atomic E-state index is -0.0110. The van der Waals surface area contributed by atoms with Gasteiger partial charge in [-0.25, -0.2) is 9.97 Å². The van der Waals surface area contributed by atoms with E-state index in [1.165, 1.54) is 0 Å². The number of amides is 1. The van der Waals surface area contributed by atoms with Gasteiger partial charge in [-0.15, -0.1) is 0 Å². The van der Waals surface area contributed by atoms with E-state index < -0.39 is 0 Å². The summed E-state index contributed by atoms with van der Waals surface area (Å²) < 4.78 is 0. The van der Waals surface area contributed by atoms with Crippen LogP contribution in [-0.2, 0) is 13.1 Å². The smallest absolute Gasteiger partial charge is 0.254 e. The topological polar surface area (TPSA) is 87.9 Å². The third kappa shape index (κ3) is 1.92. The predicted octanol–water partition coefficient (Wildman–Crippen LogP) is 1.70. The van der Waals surface area contributed by atoms with Gasteiger partial charge < -0.3 is 15.6 Å². The molecule has 1 aliphatic rings. The van der Waals surface area contributed by atoms with E-state index in [0.29, 0.717) is 18.7 Å². The Kier molecular flexibility index (Phi) is 2.44. The Balaban J connectivity index is 1.64. The van der Waals surface area contributed by atoms with Crippen molar-refractivity contribution in [2.75, 3.05) is 5.73 Å². The lowest BCUT2D eigenvalue weighted by Gasteiger charge is -2.15. The van der Waals surface area contributed by atoms with Crippen LogP contribution in [0.4, 0.5) is 5.95 Å². The summed E-state index contributed by atoms with van der Waals surface area (Å²) in [5.41, 5.74) is 9.00. The highest BCUT2D eigenvalue weighted by Crippen LogP contribution is 2.23. The molecule has 0 aliphatic carbocycles. The van der Waals surface area contributed by atoms with E-state index in [-0.39, 0.29) is 11.9 Å². The molecule has 0 unspecified atom stereocenters. The molecular formula is C15H13N5O. The van der Waals surface area contributed by atoms with Crippen LogP contribution in [0.2, 0.25) is 0 Å². The number of anilines is 1. The molecule has 0 fully saturated rings. The lowest BCUT2D eigenvalue weighted by atomic mass is 10.1. The molecule has 6 heteroatoms. The number of nitrogens with one attached hydrogen (secondary N) is 1. The zero-order valence-electron chi connectivity index (χ0n) is 11.2. The summed E-state index contributed by atoms with van der Waals surface area (Å²) >= 11 is 0. The average Bonchev–Trinajstić information content (AvgIpc) is 3.11. The van der Waals surface area contributed by atoms with Crippen molar-refractivity contribution in [2.24, 2.45) is 0 Å². The fraction of sp³-hybridized carbons (Fsp3) is 0.133. The van der Waals surface area contributed by atoms with Crippen LogP contribution in [0.15, 0.2) is 36.7 Å². The summed E-state index contributed by atoms with van der Waals surface area (Å²) in [5.74, 6) is 0.235. The molecule has 3 heterocycles. The first-order valence-corrected chi connectivity index (χ1v) is 6.67. The van der Waals surface area contributed by atoms with Crippen molar-refractivity contribution >= 4 is 22.8 Å². The van der Waals surface area contributed by atoms with E-state index in [0.717, 1.165) is 22.2 Å². The van der Waals surface area contributed by atoms with Gasteiger partial charge in [-0.05, 0) is 23.6 Å². The van der Waals surface area contributed by atoms with E-state index >= 15 is 0 Å². The number of H-pyrrole nitrogens is 1. The van der Waals surface area contributed by atoms with Crippen LogP contribution in [0.1, 0.15) is 21.6 Å². The van der Waals surface area contributed by atoms with Gasteiger partial charge in [0, 0.05) is 35.6 Å². The summed E-state index contributed by atoms with van der Waals surface area (Å²) in [6.45, 7) is 1.00. The Hall–Kier alpha value is -2.89. The SMILES string of the molecule is Nc1ncc2c(n1)CN(C(=O)c1ccc3cc[nH]c3c1)C2. The molecule has 0 bridgehead atoms. The number of hydrogen-bond acceptors (Lipinski definition) is 4. The standard InChI is InChI=1S/C15H13N5O/c16-15-18-6-11-7-20(8-13(11)19-15)14(21)10-2-1-9-3-4-17-12(9)5-10/h1-6,17H,7-8H2,(H2,16,18,19). The van der Waals surface area contributed by atoms with Crippen LogP contribution in [0.25, 0.3) is 10.9 Å². The first-order chi connectivity index (χ1) is 10.2. The Labute approximate surface area is 120 Å². The molecule has 0 atom stereocenters. The number of carbonyl (C=O) groups is 1. The maximum Gasteiger partial charge on any atom is 0.254 e. The molecule has 3 aromatic rings. The number of carbonyl (C=O) groups excluding carboxylic acids is 1. The van der Waals surface area contributed by atoms with Gasteiger partial charge in [0.1, 0.15) is 0 Å². The Morgan fingerprint density at radius 3 is 3.10 bits per heavy atom. The van der Waals surface area contributed by atoms with Gasteiger partial charge >= 0.3 is 0 Å². The van der Waals surface area contributed by atoms with Crippen LogP contribution < -0.4 is 5.73 Å². The van der Waals surface area contributed by atoms with Crippen LogP contribution in [0.5, 0.6) is 0 Å². The van der Waals surface area contributed by atoms with Crippen molar-refractivity contribution in [3.63, 3.8) is 0 Å². The van der Waals surface area contributed by atoms with Crippen molar-refractivity contribution in [1.82, 2.24) is 19.9 Å². The van der Waals surface area contributed by atoms with Gasteiger partial charge in [-0.3, -0.25) is 4.79 Å². The van der Waals surface area contributed by atoms with Crippen molar-refractivity contribution in [2.45, 2.75) is 13.1 Å². The number of benzene rings is 1. The minimum absolute atomic E-state index is 0.0110. The third-order valence-electron chi connectivity index (χ3n) is 3.76. The third-order valence-corrected chi connectivity index (χ3v) is 3.76. The molecule has 104 valence electrons. The van der Waals surface area contributed by atoms with Gasteiger partial charge in [0.15, 0.2) is 0 Å². The fourth-order valence-corrected chi connectivity index (χ4v) is 2.68. The maximum absolute atomic E-state index is 12.6. The lowest BCUT2D eigenvalue weighted by Crippen LogP contribution is -2.25. The zero-order chi connectivity index (χ0) is 14.4. The largest absolute Gasteiger partial charge is 0.368 e. The highest BCUT2D eigenvalue weighted by atomic mass is 16.2. The van der Waals surface area contributed by atoms with Gasteiger partial charge in [-0.1, -0.05) is 6.07 Å². The van der Waals surface area contributed by atoms with Crippen LogP contribution in [-0.4, -0.2) is 25.8 Å².